The van der Waals surface area contributed by atoms with E-state index in [1.807, 2.05) is 6.92 Å². The van der Waals surface area contributed by atoms with Crippen molar-refractivity contribution in [2.75, 3.05) is 50.5 Å². The molecule has 156 valence electrons. The van der Waals surface area contributed by atoms with Gasteiger partial charge in [-0.15, -0.1) is 0 Å². The molecule has 2 aliphatic heterocycles. The molecule has 1 aromatic heterocycles. The highest BCUT2D eigenvalue weighted by Crippen LogP contribution is 2.31. The number of anilines is 1. The van der Waals surface area contributed by atoms with Crippen LogP contribution >= 0.6 is 0 Å². The number of benzene rings is 1. The SMILES string of the molecule is CCN=S(C)(=O)c1cnc(N2CCN([C@@H](C)c3ccc4c(c3)OCC4)CC2)nc1. The molecule has 7 nitrogen and oxygen atoms in total. The molecule has 1 aromatic carbocycles. The van der Waals surface area contributed by atoms with E-state index in [9.17, 15) is 4.21 Å². The lowest BCUT2D eigenvalue weighted by atomic mass is 10.0. The number of fused-ring (bicyclic) bond motifs is 1. The van der Waals surface area contributed by atoms with E-state index in [0.29, 0.717) is 23.4 Å². The summed E-state index contributed by atoms with van der Waals surface area (Å²) < 4.78 is 22.4. The van der Waals surface area contributed by atoms with Gasteiger partial charge in [0.2, 0.25) is 5.95 Å². The first-order chi connectivity index (χ1) is 14.0. The van der Waals surface area contributed by atoms with Gasteiger partial charge in [-0.3, -0.25) is 4.90 Å². The van der Waals surface area contributed by atoms with Gasteiger partial charge in [0.15, 0.2) is 0 Å². The number of nitrogens with zero attached hydrogens (tertiary/aromatic N) is 5. The summed E-state index contributed by atoms with van der Waals surface area (Å²) in [5.74, 6) is 1.74. The second-order valence-electron chi connectivity index (χ2n) is 7.63. The Balaban J connectivity index is 1.39. The molecule has 0 spiro atoms. The van der Waals surface area contributed by atoms with Crippen LogP contribution in [-0.4, -0.2) is 64.7 Å². The van der Waals surface area contributed by atoms with E-state index >= 15 is 0 Å². The van der Waals surface area contributed by atoms with Crippen molar-refractivity contribution in [3.8, 4) is 5.75 Å². The molecule has 2 atom stereocenters. The van der Waals surface area contributed by atoms with Crippen LogP contribution in [0, 0.1) is 0 Å². The molecule has 0 amide bonds. The Morgan fingerprint density at radius 3 is 2.62 bits per heavy atom. The minimum Gasteiger partial charge on any atom is -0.493 e. The molecule has 2 aromatic rings. The van der Waals surface area contributed by atoms with Crippen molar-refractivity contribution in [3.05, 3.63) is 41.7 Å². The van der Waals surface area contributed by atoms with Crippen molar-refractivity contribution >= 4 is 15.7 Å². The predicted molar refractivity (Wildman–Crippen MR) is 115 cm³/mol. The van der Waals surface area contributed by atoms with Crippen LogP contribution in [-0.2, 0) is 16.1 Å². The van der Waals surface area contributed by atoms with E-state index < -0.39 is 9.73 Å². The van der Waals surface area contributed by atoms with Gasteiger partial charge in [-0.1, -0.05) is 12.1 Å². The maximum absolute atomic E-state index is 12.5. The fourth-order valence-corrected chi connectivity index (χ4v) is 5.09. The van der Waals surface area contributed by atoms with E-state index in [2.05, 4.69) is 49.3 Å². The maximum Gasteiger partial charge on any atom is 0.225 e. The Hall–Kier alpha value is -2.19. The predicted octanol–water partition coefficient (Wildman–Crippen LogP) is 2.77. The summed E-state index contributed by atoms with van der Waals surface area (Å²) in [6.07, 6.45) is 5.97. The number of hydrogen-bond acceptors (Lipinski definition) is 7. The topological polar surface area (TPSA) is 70.9 Å². The van der Waals surface area contributed by atoms with Crippen LogP contribution in [0.4, 0.5) is 5.95 Å². The van der Waals surface area contributed by atoms with Gasteiger partial charge in [0.25, 0.3) is 0 Å². The van der Waals surface area contributed by atoms with Crippen LogP contribution in [0.2, 0.25) is 0 Å². The van der Waals surface area contributed by atoms with E-state index in [-0.39, 0.29) is 0 Å². The average molecular weight is 416 g/mol. The molecule has 3 heterocycles. The molecule has 4 rings (SSSR count). The molecule has 0 saturated carbocycles. The van der Waals surface area contributed by atoms with Crippen molar-refractivity contribution in [2.45, 2.75) is 31.2 Å². The lowest BCUT2D eigenvalue weighted by Gasteiger charge is -2.38. The molecule has 0 radical (unpaired) electrons. The largest absolute Gasteiger partial charge is 0.493 e. The fourth-order valence-electron chi connectivity index (χ4n) is 3.95. The third kappa shape index (κ3) is 4.23. The Labute approximate surface area is 173 Å². The minimum absolute atomic E-state index is 0.343. The van der Waals surface area contributed by atoms with Gasteiger partial charge in [0, 0.05) is 63.8 Å². The summed E-state index contributed by atoms with van der Waals surface area (Å²) in [4.78, 5) is 14.2. The fraction of sp³-hybridized carbons (Fsp3) is 0.524. The molecule has 1 saturated heterocycles. The highest BCUT2D eigenvalue weighted by molar-refractivity contribution is 7.93. The highest BCUT2D eigenvalue weighted by Gasteiger charge is 2.24. The van der Waals surface area contributed by atoms with Gasteiger partial charge >= 0.3 is 0 Å². The van der Waals surface area contributed by atoms with E-state index in [1.165, 1.54) is 11.1 Å². The third-order valence-electron chi connectivity index (χ3n) is 5.77. The highest BCUT2D eigenvalue weighted by atomic mass is 32.2. The third-order valence-corrected chi connectivity index (χ3v) is 7.61. The zero-order valence-corrected chi connectivity index (χ0v) is 18.2. The first kappa shape index (κ1) is 20.1. The quantitative estimate of drug-likeness (QED) is 0.748. The second kappa shape index (κ2) is 8.28. The number of hydrogen-bond donors (Lipinski definition) is 0. The lowest BCUT2D eigenvalue weighted by molar-refractivity contribution is 0.197. The summed E-state index contributed by atoms with van der Waals surface area (Å²) in [6, 6.07) is 6.98. The molecule has 8 heteroatoms. The van der Waals surface area contributed by atoms with Crippen molar-refractivity contribution in [1.82, 2.24) is 14.9 Å². The van der Waals surface area contributed by atoms with Crippen molar-refractivity contribution < 1.29 is 8.95 Å². The van der Waals surface area contributed by atoms with Crippen molar-refractivity contribution in [2.24, 2.45) is 4.36 Å². The second-order valence-corrected chi connectivity index (χ2v) is 9.97. The van der Waals surface area contributed by atoms with Crippen molar-refractivity contribution in [1.29, 1.82) is 0 Å². The summed E-state index contributed by atoms with van der Waals surface area (Å²) in [6.45, 7) is 9.08. The van der Waals surface area contributed by atoms with Gasteiger partial charge in [-0.05, 0) is 31.0 Å². The smallest absolute Gasteiger partial charge is 0.225 e. The number of aromatic nitrogens is 2. The standard InChI is InChI=1S/C21H29N5O2S/c1-4-24-29(3,27)19-14-22-21(23-15-19)26-10-8-25(9-11-26)16(2)18-6-5-17-7-12-28-20(17)13-18/h5-6,13-16H,4,7-12H2,1-3H3/t16-,29?/m0/s1. The number of rotatable bonds is 5. The number of piperazine rings is 1. The molecule has 1 fully saturated rings. The summed E-state index contributed by atoms with van der Waals surface area (Å²) in [7, 11) is -2.40. The van der Waals surface area contributed by atoms with Crippen LogP contribution in [0.1, 0.15) is 31.0 Å². The molecular formula is C21H29N5O2S. The van der Waals surface area contributed by atoms with E-state index in [1.54, 1.807) is 18.6 Å². The van der Waals surface area contributed by atoms with Crippen LogP contribution in [0.15, 0.2) is 39.9 Å². The van der Waals surface area contributed by atoms with Crippen LogP contribution in [0.25, 0.3) is 0 Å². The van der Waals surface area contributed by atoms with E-state index in [0.717, 1.165) is 45.0 Å². The first-order valence-corrected chi connectivity index (χ1v) is 12.1. The van der Waals surface area contributed by atoms with Gasteiger partial charge in [-0.2, -0.15) is 0 Å². The zero-order valence-electron chi connectivity index (χ0n) is 17.4. The Morgan fingerprint density at radius 1 is 1.21 bits per heavy atom. The molecule has 0 bridgehead atoms. The molecule has 2 aliphatic rings. The molecular weight excluding hydrogens is 386 g/mol. The first-order valence-electron chi connectivity index (χ1n) is 10.2. The van der Waals surface area contributed by atoms with Crippen LogP contribution < -0.4 is 9.64 Å². The zero-order chi connectivity index (χ0) is 20.4. The van der Waals surface area contributed by atoms with Gasteiger partial charge in [0.05, 0.1) is 21.2 Å². The Morgan fingerprint density at radius 2 is 1.93 bits per heavy atom. The number of ether oxygens (including phenoxy) is 1. The molecule has 29 heavy (non-hydrogen) atoms. The molecule has 0 N–H and O–H groups in total. The monoisotopic (exact) mass is 415 g/mol. The van der Waals surface area contributed by atoms with Gasteiger partial charge in [-0.25, -0.2) is 18.5 Å². The Kier molecular flexibility index (Phi) is 5.74. The molecule has 1 unspecified atom stereocenters. The molecule has 0 aliphatic carbocycles. The van der Waals surface area contributed by atoms with Gasteiger partial charge < -0.3 is 9.64 Å². The van der Waals surface area contributed by atoms with E-state index in [4.69, 9.17) is 4.74 Å². The van der Waals surface area contributed by atoms with Crippen LogP contribution in [0.5, 0.6) is 5.75 Å². The normalized spacial score (nSPS) is 19.9. The lowest BCUT2D eigenvalue weighted by Crippen LogP contribution is -2.47. The summed E-state index contributed by atoms with van der Waals surface area (Å²) in [5, 5.41) is 0. The minimum atomic E-state index is -2.40. The Bertz CT molecular complexity index is 977. The summed E-state index contributed by atoms with van der Waals surface area (Å²) >= 11 is 0. The average Bonchev–Trinajstić information content (AvgIpc) is 3.21. The summed E-state index contributed by atoms with van der Waals surface area (Å²) in [5.41, 5.74) is 2.62. The van der Waals surface area contributed by atoms with Crippen LogP contribution in [0.3, 0.4) is 0 Å². The van der Waals surface area contributed by atoms with Gasteiger partial charge in [0.1, 0.15) is 5.75 Å². The van der Waals surface area contributed by atoms with Crippen molar-refractivity contribution in [3.63, 3.8) is 0 Å². The maximum atomic E-state index is 12.5.